The van der Waals surface area contributed by atoms with E-state index in [0.717, 1.165) is 31.4 Å². The number of anilines is 2. The van der Waals surface area contributed by atoms with Gasteiger partial charge in [-0.1, -0.05) is 19.8 Å². The molecule has 2 N–H and O–H groups in total. The molecule has 128 valence electrons. The molecule has 24 heavy (non-hydrogen) atoms. The van der Waals surface area contributed by atoms with Crippen LogP contribution in [0.3, 0.4) is 0 Å². The van der Waals surface area contributed by atoms with Crippen molar-refractivity contribution in [1.82, 2.24) is 10.3 Å². The smallest absolute Gasteiger partial charge is 0.252 e. The van der Waals surface area contributed by atoms with Gasteiger partial charge in [-0.05, 0) is 24.6 Å². The number of carbonyl (C=O) groups is 1. The number of amides is 1. The molecule has 1 heterocycles. The normalized spacial score (nSPS) is 10.5. The van der Waals surface area contributed by atoms with Crippen LogP contribution in [0.25, 0.3) is 0 Å². The number of aromatic nitrogens is 1. The van der Waals surface area contributed by atoms with Crippen molar-refractivity contribution in [2.24, 2.45) is 0 Å². The maximum absolute atomic E-state index is 13.7. The zero-order valence-corrected chi connectivity index (χ0v) is 13.2. The van der Waals surface area contributed by atoms with E-state index in [9.17, 15) is 18.0 Å². The quantitative estimate of drug-likeness (QED) is 0.589. The molecule has 0 saturated heterocycles. The summed E-state index contributed by atoms with van der Waals surface area (Å²) >= 11 is 0. The van der Waals surface area contributed by atoms with Gasteiger partial charge < -0.3 is 10.6 Å². The van der Waals surface area contributed by atoms with Crippen LogP contribution >= 0.6 is 0 Å². The van der Waals surface area contributed by atoms with E-state index in [0.29, 0.717) is 17.8 Å². The van der Waals surface area contributed by atoms with Gasteiger partial charge in [-0.15, -0.1) is 0 Å². The van der Waals surface area contributed by atoms with Gasteiger partial charge in [0.15, 0.2) is 17.5 Å². The van der Waals surface area contributed by atoms with Crippen LogP contribution in [0.5, 0.6) is 0 Å². The molecule has 0 saturated carbocycles. The summed E-state index contributed by atoms with van der Waals surface area (Å²) in [5.41, 5.74) is 0.344. The van der Waals surface area contributed by atoms with Crippen LogP contribution in [0.2, 0.25) is 0 Å². The fraction of sp³-hybridized carbons (Fsp3) is 0.294. The summed E-state index contributed by atoms with van der Waals surface area (Å²) in [5, 5.41) is 5.35. The molecule has 0 atom stereocenters. The van der Waals surface area contributed by atoms with E-state index in [-0.39, 0.29) is 11.6 Å². The minimum absolute atomic E-state index is 0.240. The number of pyridine rings is 1. The average molecular weight is 337 g/mol. The van der Waals surface area contributed by atoms with Crippen LogP contribution in [0.4, 0.5) is 24.5 Å². The largest absolute Gasteiger partial charge is 0.352 e. The molecule has 0 bridgehead atoms. The Bertz CT molecular complexity index is 722. The van der Waals surface area contributed by atoms with Crippen molar-refractivity contribution in [2.75, 3.05) is 11.9 Å². The third kappa shape index (κ3) is 4.47. The molecule has 1 amide bonds. The molecule has 0 aliphatic heterocycles. The van der Waals surface area contributed by atoms with Crippen molar-refractivity contribution in [2.45, 2.75) is 26.2 Å². The number of benzene rings is 1. The number of carbonyl (C=O) groups excluding carboxylic acids is 1. The van der Waals surface area contributed by atoms with Crippen LogP contribution in [-0.2, 0) is 0 Å². The molecule has 0 aliphatic rings. The van der Waals surface area contributed by atoms with Gasteiger partial charge in [-0.25, -0.2) is 13.2 Å². The lowest BCUT2D eigenvalue weighted by atomic mass is 10.2. The van der Waals surface area contributed by atoms with Gasteiger partial charge in [-0.3, -0.25) is 9.78 Å². The molecule has 2 rings (SSSR count). The fourth-order valence-electron chi connectivity index (χ4n) is 2.09. The van der Waals surface area contributed by atoms with Crippen molar-refractivity contribution >= 4 is 17.3 Å². The Morgan fingerprint density at radius 2 is 1.92 bits per heavy atom. The van der Waals surface area contributed by atoms with E-state index in [4.69, 9.17) is 0 Å². The summed E-state index contributed by atoms with van der Waals surface area (Å²) < 4.78 is 39.8. The summed E-state index contributed by atoms with van der Waals surface area (Å²) in [6.45, 7) is 2.63. The molecule has 0 aliphatic carbocycles. The lowest BCUT2D eigenvalue weighted by molar-refractivity contribution is 0.0952. The first kappa shape index (κ1) is 17.8. The van der Waals surface area contributed by atoms with Gasteiger partial charge in [0.2, 0.25) is 0 Å². The molecular weight excluding hydrogens is 319 g/mol. The Hall–Kier alpha value is -2.57. The minimum atomic E-state index is -1.56. The van der Waals surface area contributed by atoms with Crippen molar-refractivity contribution in [1.29, 1.82) is 0 Å². The highest BCUT2D eigenvalue weighted by atomic mass is 19.2. The predicted molar refractivity (Wildman–Crippen MR) is 85.7 cm³/mol. The van der Waals surface area contributed by atoms with E-state index >= 15 is 0 Å². The van der Waals surface area contributed by atoms with Crippen LogP contribution in [0.1, 0.15) is 36.5 Å². The third-order valence-electron chi connectivity index (χ3n) is 3.38. The van der Waals surface area contributed by atoms with E-state index < -0.39 is 17.5 Å². The SMILES string of the molecule is CCCCCNC(=O)c1cncc(Nc2ccc(F)c(F)c2F)c1. The lowest BCUT2D eigenvalue weighted by Crippen LogP contribution is -2.24. The van der Waals surface area contributed by atoms with Crippen molar-refractivity contribution in [3.05, 3.63) is 53.6 Å². The summed E-state index contributed by atoms with van der Waals surface area (Å²) in [6, 6.07) is 3.35. The number of nitrogens with one attached hydrogen (secondary N) is 2. The number of nitrogens with zero attached hydrogens (tertiary/aromatic N) is 1. The highest BCUT2D eigenvalue weighted by Gasteiger charge is 2.14. The van der Waals surface area contributed by atoms with E-state index in [2.05, 4.69) is 22.5 Å². The molecular formula is C17H18F3N3O. The highest BCUT2D eigenvalue weighted by molar-refractivity contribution is 5.94. The van der Waals surface area contributed by atoms with E-state index in [1.165, 1.54) is 18.5 Å². The molecule has 2 aromatic rings. The number of hydrogen-bond acceptors (Lipinski definition) is 3. The van der Waals surface area contributed by atoms with Crippen molar-refractivity contribution in [3.8, 4) is 0 Å². The van der Waals surface area contributed by atoms with Gasteiger partial charge in [-0.2, -0.15) is 0 Å². The standard InChI is InChI=1S/C17H18F3N3O/c1-2-3-4-7-22-17(24)11-8-12(10-21-9-11)23-14-6-5-13(18)15(19)16(14)20/h5-6,8-10,23H,2-4,7H2,1H3,(H,22,24). The second kappa shape index (κ2) is 8.33. The Kier molecular flexibility index (Phi) is 6.17. The molecule has 7 heteroatoms. The maximum Gasteiger partial charge on any atom is 0.252 e. The summed E-state index contributed by atoms with van der Waals surface area (Å²) in [4.78, 5) is 15.9. The first-order chi connectivity index (χ1) is 11.5. The first-order valence-electron chi connectivity index (χ1n) is 7.66. The summed E-state index contributed by atoms with van der Waals surface area (Å²) in [6.07, 6.45) is 5.69. The second-order valence-electron chi connectivity index (χ2n) is 5.27. The number of rotatable bonds is 7. The van der Waals surface area contributed by atoms with Gasteiger partial charge >= 0.3 is 0 Å². The van der Waals surface area contributed by atoms with Crippen LogP contribution < -0.4 is 10.6 Å². The highest BCUT2D eigenvalue weighted by Crippen LogP contribution is 2.23. The van der Waals surface area contributed by atoms with Gasteiger partial charge in [0.05, 0.1) is 23.1 Å². The number of unbranched alkanes of at least 4 members (excludes halogenated alkanes) is 2. The van der Waals surface area contributed by atoms with Crippen molar-refractivity contribution in [3.63, 3.8) is 0 Å². The Labute approximate surface area is 138 Å². The Morgan fingerprint density at radius 1 is 1.12 bits per heavy atom. The van der Waals surface area contributed by atoms with Gasteiger partial charge in [0.1, 0.15) is 0 Å². The lowest BCUT2D eigenvalue weighted by Gasteiger charge is -2.10. The molecule has 0 radical (unpaired) electrons. The van der Waals surface area contributed by atoms with Crippen LogP contribution in [-0.4, -0.2) is 17.4 Å². The molecule has 4 nitrogen and oxygen atoms in total. The van der Waals surface area contributed by atoms with Crippen LogP contribution in [0.15, 0.2) is 30.6 Å². The number of hydrogen-bond donors (Lipinski definition) is 2. The monoisotopic (exact) mass is 337 g/mol. The first-order valence-corrected chi connectivity index (χ1v) is 7.66. The summed E-state index contributed by atoms with van der Waals surface area (Å²) in [5.74, 6) is -4.45. The van der Waals surface area contributed by atoms with Crippen molar-refractivity contribution < 1.29 is 18.0 Å². The predicted octanol–water partition coefficient (Wildman–Crippen LogP) is 4.16. The van der Waals surface area contributed by atoms with E-state index in [1.54, 1.807) is 0 Å². The zero-order chi connectivity index (χ0) is 17.5. The zero-order valence-electron chi connectivity index (χ0n) is 13.2. The van der Waals surface area contributed by atoms with E-state index in [1.807, 2.05) is 0 Å². The molecule has 0 spiro atoms. The number of halogens is 3. The summed E-state index contributed by atoms with van der Waals surface area (Å²) in [7, 11) is 0. The fourth-order valence-corrected chi connectivity index (χ4v) is 2.09. The molecule has 1 aromatic carbocycles. The Morgan fingerprint density at radius 3 is 2.67 bits per heavy atom. The third-order valence-corrected chi connectivity index (χ3v) is 3.38. The Balaban J connectivity index is 2.08. The molecule has 0 unspecified atom stereocenters. The van der Waals surface area contributed by atoms with Gasteiger partial charge in [0, 0.05) is 12.7 Å². The maximum atomic E-state index is 13.7. The molecule has 1 aromatic heterocycles. The average Bonchev–Trinajstić information content (AvgIpc) is 2.59. The minimum Gasteiger partial charge on any atom is -0.352 e. The van der Waals surface area contributed by atoms with Crippen LogP contribution in [0, 0.1) is 17.5 Å². The topological polar surface area (TPSA) is 54.0 Å². The van der Waals surface area contributed by atoms with Gasteiger partial charge in [0.25, 0.3) is 5.91 Å². The second-order valence-corrected chi connectivity index (χ2v) is 5.27. The molecule has 0 fully saturated rings.